The lowest BCUT2D eigenvalue weighted by Gasteiger charge is -2.12. The van der Waals surface area contributed by atoms with E-state index in [4.69, 9.17) is 14.2 Å². The lowest BCUT2D eigenvalue weighted by atomic mass is 10.3. The average molecular weight is 281 g/mol. The van der Waals surface area contributed by atoms with E-state index in [1.165, 1.54) is 0 Å². The number of ether oxygens (including phenoxy) is 3. The fourth-order valence-electron chi connectivity index (χ4n) is 1.53. The first kappa shape index (κ1) is 16.5. The minimum absolute atomic E-state index is 0.304. The molecule has 0 fully saturated rings. The second-order valence-corrected chi connectivity index (χ2v) is 4.21. The van der Waals surface area contributed by atoms with Gasteiger partial charge in [0.2, 0.25) is 0 Å². The monoisotopic (exact) mass is 281 g/mol. The second-order valence-electron chi connectivity index (χ2n) is 4.21. The number of hydrogen-bond donors (Lipinski definition) is 2. The van der Waals surface area contributed by atoms with Gasteiger partial charge in [-0.25, -0.2) is 0 Å². The summed E-state index contributed by atoms with van der Waals surface area (Å²) in [5.41, 5.74) is 0. The number of nitrogens with one attached hydrogen (secondary N) is 1. The van der Waals surface area contributed by atoms with Crippen molar-refractivity contribution in [1.82, 2.24) is 5.32 Å². The normalized spacial score (nSPS) is 11.9. The highest BCUT2D eigenvalue weighted by molar-refractivity contribution is 5.31. The van der Waals surface area contributed by atoms with Crippen molar-refractivity contribution in [3.63, 3.8) is 0 Å². The molecule has 0 saturated heterocycles. The Morgan fingerprint density at radius 1 is 1.30 bits per heavy atom. The van der Waals surface area contributed by atoms with Gasteiger partial charge in [-0.1, -0.05) is 6.08 Å². The van der Waals surface area contributed by atoms with Gasteiger partial charge in [-0.3, -0.25) is 0 Å². The van der Waals surface area contributed by atoms with Gasteiger partial charge in [0.05, 0.1) is 26.4 Å². The van der Waals surface area contributed by atoms with Gasteiger partial charge in [0.1, 0.15) is 18.1 Å². The first-order chi connectivity index (χ1) is 9.76. The van der Waals surface area contributed by atoms with Gasteiger partial charge in [0.15, 0.2) is 0 Å². The van der Waals surface area contributed by atoms with Crippen LogP contribution in [0.5, 0.6) is 11.5 Å². The van der Waals surface area contributed by atoms with E-state index in [-0.39, 0.29) is 0 Å². The van der Waals surface area contributed by atoms with Crippen molar-refractivity contribution in [1.29, 1.82) is 0 Å². The molecule has 5 heteroatoms. The topological polar surface area (TPSA) is 60.0 Å². The third-order valence-electron chi connectivity index (χ3n) is 2.53. The minimum atomic E-state index is -0.518. The van der Waals surface area contributed by atoms with E-state index in [1.807, 2.05) is 24.3 Å². The van der Waals surface area contributed by atoms with E-state index >= 15 is 0 Å². The van der Waals surface area contributed by atoms with Crippen LogP contribution in [0.3, 0.4) is 0 Å². The van der Waals surface area contributed by atoms with Crippen molar-refractivity contribution in [3.8, 4) is 11.5 Å². The number of aliphatic hydroxyl groups excluding tert-OH is 1. The maximum atomic E-state index is 9.57. The van der Waals surface area contributed by atoms with Gasteiger partial charge in [0.25, 0.3) is 0 Å². The summed E-state index contributed by atoms with van der Waals surface area (Å²) in [7, 11) is 1.63. The van der Waals surface area contributed by atoms with Crippen LogP contribution in [-0.2, 0) is 4.74 Å². The highest BCUT2D eigenvalue weighted by atomic mass is 16.5. The molecule has 0 aromatic heterocycles. The zero-order valence-corrected chi connectivity index (χ0v) is 11.9. The molecule has 0 spiro atoms. The molecule has 0 amide bonds. The molecule has 0 aliphatic carbocycles. The molecule has 20 heavy (non-hydrogen) atoms. The van der Waals surface area contributed by atoms with E-state index in [2.05, 4.69) is 11.9 Å². The maximum Gasteiger partial charge on any atom is 0.119 e. The van der Waals surface area contributed by atoms with Gasteiger partial charge in [-0.05, 0) is 24.3 Å². The van der Waals surface area contributed by atoms with Crippen molar-refractivity contribution in [2.24, 2.45) is 0 Å². The van der Waals surface area contributed by atoms with E-state index in [1.54, 1.807) is 13.2 Å². The van der Waals surface area contributed by atoms with Crippen LogP contribution in [0.4, 0.5) is 0 Å². The third-order valence-corrected chi connectivity index (χ3v) is 2.53. The SMILES string of the molecule is C=CCOC[C@@H](O)CNCCOc1ccc(OC)cc1. The molecule has 1 aromatic rings. The summed E-state index contributed by atoms with van der Waals surface area (Å²) < 4.78 is 15.7. The largest absolute Gasteiger partial charge is 0.497 e. The van der Waals surface area contributed by atoms with E-state index in [0.717, 1.165) is 11.5 Å². The summed E-state index contributed by atoms with van der Waals surface area (Å²) in [5.74, 6) is 1.60. The lowest BCUT2D eigenvalue weighted by Crippen LogP contribution is -2.32. The fraction of sp³-hybridized carbons (Fsp3) is 0.467. The molecule has 0 saturated carbocycles. The Morgan fingerprint density at radius 3 is 2.65 bits per heavy atom. The molecule has 0 bridgehead atoms. The number of benzene rings is 1. The van der Waals surface area contributed by atoms with Crippen LogP contribution in [0.2, 0.25) is 0 Å². The van der Waals surface area contributed by atoms with Gasteiger partial charge < -0.3 is 24.6 Å². The summed E-state index contributed by atoms with van der Waals surface area (Å²) in [6.07, 6.45) is 1.14. The third kappa shape index (κ3) is 7.13. The van der Waals surface area contributed by atoms with Crippen molar-refractivity contribution in [3.05, 3.63) is 36.9 Å². The summed E-state index contributed by atoms with van der Waals surface area (Å²) in [5, 5.41) is 12.7. The summed E-state index contributed by atoms with van der Waals surface area (Å²) in [6, 6.07) is 7.42. The predicted molar refractivity (Wildman–Crippen MR) is 78.4 cm³/mol. The smallest absolute Gasteiger partial charge is 0.119 e. The Morgan fingerprint density at radius 2 is 2.00 bits per heavy atom. The van der Waals surface area contributed by atoms with E-state index < -0.39 is 6.10 Å². The molecular formula is C15H23NO4. The average Bonchev–Trinajstić information content (AvgIpc) is 2.48. The fourth-order valence-corrected chi connectivity index (χ4v) is 1.53. The first-order valence-electron chi connectivity index (χ1n) is 6.60. The van der Waals surface area contributed by atoms with Crippen LogP contribution >= 0.6 is 0 Å². The Hall–Kier alpha value is -1.56. The van der Waals surface area contributed by atoms with Gasteiger partial charge in [-0.15, -0.1) is 6.58 Å². The molecule has 0 aliphatic heterocycles. The highest BCUT2D eigenvalue weighted by Gasteiger charge is 2.02. The molecule has 1 atom stereocenters. The van der Waals surface area contributed by atoms with Gasteiger partial charge >= 0.3 is 0 Å². The molecule has 0 heterocycles. The Balaban J connectivity index is 2.04. The lowest BCUT2D eigenvalue weighted by molar-refractivity contribution is 0.0491. The zero-order valence-electron chi connectivity index (χ0n) is 11.9. The van der Waals surface area contributed by atoms with Crippen molar-refractivity contribution in [2.45, 2.75) is 6.10 Å². The van der Waals surface area contributed by atoms with Crippen LogP contribution < -0.4 is 14.8 Å². The molecule has 0 radical (unpaired) electrons. The number of methoxy groups -OCH3 is 1. The second kappa shape index (κ2) is 10.3. The number of hydrogen-bond acceptors (Lipinski definition) is 5. The standard InChI is InChI=1S/C15H23NO4/c1-3-9-19-12-13(17)11-16-8-10-20-15-6-4-14(18-2)5-7-15/h3-7,13,16-17H,1,8-12H2,2H3/t13-/m0/s1. The van der Waals surface area contributed by atoms with Crippen molar-refractivity contribution < 1.29 is 19.3 Å². The van der Waals surface area contributed by atoms with Crippen LogP contribution in [0.25, 0.3) is 0 Å². The molecule has 5 nitrogen and oxygen atoms in total. The molecular weight excluding hydrogens is 258 g/mol. The quantitative estimate of drug-likeness (QED) is 0.472. The first-order valence-corrected chi connectivity index (χ1v) is 6.60. The summed E-state index contributed by atoms with van der Waals surface area (Å²) in [4.78, 5) is 0. The van der Waals surface area contributed by atoms with Gasteiger partial charge in [0, 0.05) is 13.1 Å². The van der Waals surface area contributed by atoms with Crippen LogP contribution in [0.1, 0.15) is 0 Å². The van der Waals surface area contributed by atoms with Crippen LogP contribution in [0, 0.1) is 0 Å². The van der Waals surface area contributed by atoms with Gasteiger partial charge in [-0.2, -0.15) is 0 Å². The Bertz CT molecular complexity index is 367. The number of aliphatic hydroxyl groups is 1. The summed E-state index contributed by atoms with van der Waals surface area (Å²) >= 11 is 0. The van der Waals surface area contributed by atoms with Crippen molar-refractivity contribution in [2.75, 3.05) is 40.0 Å². The summed E-state index contributed by atoms with van der Waals surface area (Å²) in [6.45, 7) is 5.96. The van der Waals surface area contributed by atoms with E-state index in [0.29, 0.717) is 32.9 Å². The Kier molecular flexibility index (Phi) is 8.46. The molecule has 2 N–H and O–H groups in total. The van der Waals surface area contributed by atoms with E-state index in [9.17, 15) is 5.11 Å². The van der Waals surface area contributed by atoms with Crippen LogP contribution in [0.15, 0.2) is 36.9 Å². The highest BCUT2D eigenvalue weighted by Crippen LogP contribution is 2.16. The Labute approximate surface area is 120 Å². The zero-order chi connectivity index (χ0) is 14.6. The molecule has 0 aliphatic rings. The maximum absolute atomic E-state index is 9.57. The van der Waals surface area contributed by atoms with Crippen molar-refractivity contribution >= 4 is 0 Å². The molecule has 112 valence electrons. The predicted octanol–water partition coefficient (Wildman–Crippen LogP) is 1.23. The molecule has 0 unspecified atom stereocenters. The minimum Gasteiger partial charge on any atom is -0.497 e. The molecule has 1 aromatic carbocycles. The number of rotatable bonds is 11. The molecule has 1 rings (SSSR count). The van der Waals surface area contributed by atoms with Crippen LogP contribution in [-0.4, -0.2) is 51.2 Å².